The molecule has 244 valence electrons. The molecule has 0 fully saturated rings. The summed E-state index contributed by atoms with van der Waals surface area (Å²) in [6.45, 7) is 3.49. The van der Waals surface area contributed by atoms with Crippen LogP contribution in [0, 0.1) is 12.7 Å². The lowest BCUT2D eigenvalue weighted by Crippen LogP contribution is -2.30. The molecule has 0 spiro atoms. The van der Waals surface area contributed by atoms with Crippen molar-refractivity contribution in [2.24, 2.45) is 7.05 Å². The zero-order chi connectivity index (χ0) is 34.4. The van der Waals surface area contributed by atoms with Gasteiger partial charge in [0.15, 0.2) is 0 Å². The van der Waals surface area contributed by atoms with Crippen LogP contribution < -0.4 is 21.5 Å². The average molecular weight is 684 g/mol. The fourth-order valence-corrected chi connectivity index (χ4v) is 5.83. The summed E-state index contributed by atoms with van der Waals surface area (Å²) in [6.07, 6.45) is 1.18. The Morgan fingerprint density at radius 3 is 2.17 bits per heavy atom. The summed E-state index contributed by atoms with van der Waals surface area (Å²) in [4.78, 5) is 53.3. The van der Waals surface area contributed by atoms with E-state index in [0.29, 0.717) is 22.6 Å². The molecule has 4 aromatic carbocycles. The van der Waals surface area contributed by atoms with E-state index in [1.807, 2.05) is 30.3 Å². The van der Waals surface area contributed by atoms with Crippen LogP contribution in [-0.4, -0.2) is 32.3 Å². The largest absolute Gasteiger partial charge is 0.321 e. The number of rotatable bonds is 10. The van der Waals surface area contributed by atoms with Crippen LogP contribution in [0.3, 0.4) is 0 Å². The molecule has 0 aliphatic carbocycles. The van der Waals surface area contributed by atoms with Gasteiger partial charge in [0.2, 0.25) is 5.91 Å². The number of nitrogens with one attached hydrogen (secondary N) is 3. The zero-order valence-electron chi connectivity index (χ0n) is 26.2. The minimum absolute atomic E-state index is 0.0543. The van der Waals surface area contributed by atoms with Gasteiger partial charge in [-0.05, 0) is 80.6 Å². The third kappa shape index (κ3) is 7.76. The monoisotopic (exact) mass is 683 g/mol. The van der Waals surface area contributed by atoms with Crippen molar-refractivity contribution in [2.75, 3.05) is 10.6 Å². The van der Waals surface area contributed by atoms with Crippen LogP contribution in [0.1, 0.15) is 28.5 Å². The predicted molar refractivity (Wildman–Crippen MR) is 188 cm³/mol. The average Bonchev–Trinajstić information content (AvgIpc) is 3.29. The van der Waals surface area contributed by atoms with Gasteiger partial charge < -0.3 is 16.0 Å². The van der Waals surface area contributed by atoms with Crippen LogP contribution in [0.5, 0.6) is 0 Å². The van der Waals surface area contributed by atoms with Crippen molar-refractivity contribution in [1.29, 1.82) is 0 Å². The Balaban J connectivity index is 1.27. The smallest absolute Gasteiger partial charge is 0.295 e. The first-order chi connectivity index (χ1) is 23.0. The molecule has 12 heteroatoms. The number of para-hydroxylation sites is 1. The first kappa shape index (κ1) is 34.0. The van der Waals surface area contributed by atoms with E-state index in [-0.39, 0.29) is 33.4 Å². The summed E-state index contributed by atoms with van der Waals surface area (Å²) >= 11 is 7.46. The number of hydrogen-bond donors (Lipinski definition) is 3. The normalized spacial score (nSPS) is 11.9. The van der Waals surface area contributed by atoms with Crippen LogP contribution >= 0.6 is 23.4 Å². The van der Waals surface area contributed by atoms with Gasteiger partial charge in [0.1, 0.15) is 17.2 Å². The van der Waals surface area contributed by atoms with Crippen LogP contribution in [0.2, 0.25) is 5.02 Å². The van der Waals surface area contributed by atoms with Gasteiger partial charge in [-0.1, -0.05) is 54.1 Å². The van der Waals surface area contributed by atoms with E-state index in [9.17, 15) is 23.6 Å². The van der Waals surface area contributed by atoms with Crippen LogP contribution in [-0.2, 0) is 16.6 Å². The van der Waals surface area contributed by atoms with E-state index >= 15 is 0 Å². The second kappa shape index (κ2) is 15.0. The highest BCUT2D eigenvalue weighted by Crippen LogP contribution is 2.27. The molecule has 1 heterocycles. The molecule has 0 aliphatic heterocycles. The third-order valence-corrected chi connectivity index (χ3v) is 8.86. The maximum atomic E-state index is 14.6. The highest BCUT2D eigenvalue weighted by Gasteiger charge is 2.22. The topological polar surface area (TPSA) is 114 Å². The fourth-order valence-electron chi connectivity index (χ4n) is 4.75. The molecule has 0 saturated carbocycles. The van der Waals surface area contributed by atoms with Gasteiger partial charge in [0, 0.05) is 28.8 Å². The van der Waals surface area contributed by atoms with E-state index in [2.05, 4.69) is 16.0 Å². The Kier molecular flexibility index (Phi) is 10.6. The first-order valence-electron chi connectivity index (χ1n) is 14.8. The summed E-state index contributed by atoms with van der Waals surface area (Å²) < 4.78 is 17.8. The first-order valence-corrected chi connectivity index (χ1v) is 16.0. The van der Waals surface area contributed by atoms with E-state index in [1.165, 1.54) is 40.7 Å². The summed E-state index contributed by atoms with van der Waals surface area (Å²) in [5.41, 5.74) is 1.58. The lowest BCUT2D eigenvalue weighted by atomic mass is 10.1. The highest BCUT2D eigenvalue weighted by molar-refractivity contribution is 8.00. The van der Waals surface area contributed by atoms with Gasteiger partial charge in [0.25, 0.3) is 17.4 Å². The van der Waals surface area contributed by atoms with E-state index in [0.717, 1.165) is 4.90 Å². The molecule has 1 aromatic heterocycles. The van der Waals surface area contributed by atoms with Crippen LogP contribution in [0.15, 0.2) is 119 Å². The SMILES string of the molecule is Cc1c(NC(=O)C(C)Sc2ccc(NC(=O)/C(=C/c3c(F)cccc3Cl)NC(=O)c3ccccc3)cc2)c(=O)n(-c2ccccc2)n1C. The van der Waals surface area contributed by atoms with Gasteiger partial charge >= 0.3 is 0 Å². The Morgan fingerprint density at radius 2 is 1.52 bits per heavy atom. The molecular weight excluding hydrogens is 653 g/mol. The molecule has 5 rings (SSSR count). The van der Waals surface area contributed by atoms with Crippen LogP contribution in [0.4, 0.5) is 15.8 Å². The maximum absolute atomic E-state index is 14.6. The third-order valence-electron chi connectivity index (χ3n) is 7.41. The van der Waals surface area contributed by atoms with Gasteiger partial charge in [-0.15, -0.1) is 11.8 Å². The van der Waals surface area contributed by atoms with E-state index in [1.54, 1.807) is 80.2 Å². The highest BCUT2D eigenvalue weighted by atomic mass is 35.5. The number of amides is 3. The molecule has 1 atom stereocenters. The van der Waals surface area contributed by atoms with Gasteiger partial charge in [-0.25, -0.2) is 9.07 Å². The van der Waals surface area contributed by atoms with E-state index in [4.69, 9.17) is 11.6 Å². The molecule has 3 amide bonds. The van der Waals surface area contributed by atoms with Crippen molar-refractivity contribution in [3.8, 4) is 5.69 Å². The number of thioether (sulfide) groups is 1. The molecule has 0 saturated heterocycles. The summed E-state index contributed by atoms with van der Waals surface area (Å²) in [6, 6.07) is 28.3. The molecule has 0 aliphatic rings. The van der Waals surface area contributed by atoms with E-state index < -0.39 is 22.9 Å². The van der Waals surface area contributed by atoms with Crippen molar-refractivity contribution in [1.82, 2.24) is 14.7 Å². The molecule has 5 aromatic rings. The van der Waals surface area contributed by atoms with Crippen molar-refractivity contribution in [2.45, 2.75) is 24.0 Å². The molecule has 1 unspecified atom stereocenters. The Labute approximate surface area is 285 Å². The number of carbonyl (C=O) groups is 3. The van der Waals surface area contributed by atoms with Gasteiger partial charge in [-0.3, -0.25) is 23.9 Å². The van der Waals surface area contributed by atoms with Crippen molar-refractivity contribution < 1.29 is 18.8 Å². The second-order valence-electron chi connectivity index (χ2n) is 10.7. The Bertz CT molecular complexity index is 2040. The second-order valence-corrected chi connectivity index (χ2v) is 12.5. The minimum Gasteiger partial charge on any atom is -0.321 e. The number of halogens is 2. The summed E-state index contributed by atoms with van der Waals surface area (Å²) in [5, 5.41) is 7.56. The standard InChI is InChI=1S/C36H31ClFN5O4S/c1-22-32(36(47)43(42(22)3)26-13-8-5-9-14-26)41-33(44)23(2)48-27-19-17-25(18-20-27)39-35(46)31(21-28-29(37)15-10-16-30(28)38)40-34(45)24-11-6-4-7-12-24/h4-21,23H,1-3H3,(H,39,46)(H,40,45)(H,41,44)/b31-21-. The molecule has 0 bridgehead atoms. The molecule has 48 heavy (non-hydrogen) atoms. The number of hydrogen-bond acceptors (Lipinski definition) is 5. The van der Waals surface area contributed by atoms with Gasteiger partial charge in [0.05, 0.1) is 21.7 Å². The van der Waals surface area contributed by atoms with Crippen molar-refractivity contribution in [3.63, 3.8) is 0 Å². The van der Waals surface area contributed by atoms with Crippen molar-refractivity contribution in [3.05, 3.63) is 147 Å². The summed E-state index contributed by atoms with van der Waals surface area (Å²) in [7, 11) is 1.75. The predicted octanol–water partition coefficient (Wildman–Crippen LogP) is 6.81. The maximum Gasteiger partial charge on any atom is 0.295 e. The zero-order valence-corrected chi connectivity index (χ0v) is 27.7. The molecule has 9 nitrogen and oxygen atoms in total. The molecule has 3 N–H and O–H groups in total. The number of anilines is 2. The van der Waals surface area contributed by atoms with Gasteiger partial charge in [-0.2, -0.15) is 0 Å². The lowest BCUT2D eigenvalue weighted by Gasteiger charge is -2.13. The lowest BCUT2D eigenvalue weighted by molar-refractivity contribution is -0.115. The number of nitrogens with zero attached hydrogens (tertiary/aromatic N) is 2. The number of aromatic nitrogens is 2. The number of benzene rings is 4. The Hall–Kier alpha value is -5.39. The fraction of sp³-hybridized carbons (Fsp3) is 0.111. The molecule has 0 radical (unpaired) electrons. The molecular formula is C36H31ClFN5O4S. The van der Waals surface area contributed by atoms with Crippen LogP contribution in [0.25, 0.3) is 11.8 Å². The minimum atomic E-state index is -0.703. The summed E-state index contributed by atoms with van der Waals surface area (Å²) in [5.74, 6) is -2.27. The number of carbonyl (C=O) groups excluding carboxylic acids is 3. The quantitative estimate of drug-likeness (QED) is 0.111. The Morgan fingerprint density at radius 1 is 0.875 bits per heavy atom. The van der Waals surface area contributed by atoms with Crippen molar-refractivity contribution >= 4 is 58.5 Å².